The fourth-order valence-electron chi connectivity index (χ4n) is 3.56. The summed E-state index contributed by atoms with van der Waals surface area (Å²) in [7, 11) is 0. The lowest BCUT2D eigenvalue weighted by atomic mass is 9.98. The molecule has 3 rings (SSSR count). The highest BCUT2D eigenvalue weighted by molar-refractivity contribution is 6.01. The van der Waals surface area contributed by atoms with Crippen LogP contribution in [0.1, 0.15) is 48.6 Å². The first-order valence-electron chi connectivity index (χ1n) is 8.93. The highest BCUT2D eigenvalue weighted by Gasteiger charge is 2.25. The molecule has 1 amide bonds. The lowest BCUT2D eigenvalue weighted by molar-refractivity contribution is -0.111. The van der Waals surface area contributed by atoms with Gasteiger partial charge in [-0.25, -0.2) is 4.98 Å². The molecule has 0 radical (unpaired) electrons. The van der Waals surface area contributed by atoms with Gasteiger partial charge in [0.2, 0.25) is 5.91 Å². The Bertz CT molecular complexity index is 882. The number of pyridine rings is 1. The van der Waals surface area contributed by atoms with Crippen molar-refractivity contribution in [3.8, 4) is 0 Å². The van der Waals surface area contributed by atoms with Gasteiger partial charge in [-0.1, -0.05) is 17.7 Å². The number of carbonyl (C=O) groups is 1. The summed E-state index contributed by atoms with van der Waals surface area (Å²) in [5.41, 5.74) is 13.0. The second-order valence-corrected chi connectivity index (χ2v) is 7.17. The number of benzene rings is 1. The predicted molar refractivity (Wildman–Crippen MR) is 107 cm³/mol. The van der Waals surface area contributed by atoms with Crippen LogP contribution in [0.25, 0.3) is 0 Å². The topological polar surface area (TPSA) is 80.0 Å². The zero-order valence-electron chi connectivity index (χ0n) is 15.8. The van der Waals surface area contributed by atoms with Crippen molar-refractivity contribution in [2.75, 3.05) is 16.4 Å². The van der Waals surface area contributed by atoms with Crippen LogP contribution in [0.5, 0.6) is 0 Å². The third-order valence-electron chi connectivity index (χ3n) is 4.77. The summed E-state index contributed by atoms with van der Waals surface area (Å²) < 4.78 is 0. The molecule has 26 heavy (non-hydrogen) atoms. The molecule has 1 aromatic carbocycles. The summed E-state index contributed by atoms with van der Waals surface area (Å²) in [5, 5.41) is 6.27. The summed E-state index contributed by atoms with van der Waals surface area (Å²) in [6.45, 7) is 8.07. The van der Waals surface area contributed by atoms with E-state index in [9.17, 15) is 4.79 Å². The average molecular weight is 350 g/mol. The predicted octanol–water partition coefficient (Wildman–Crippen LogP) is 4.28. The van der Waals surface area contributed by atoms with Gasteiger partial charge in [-0.3, -0.25) is 4.79 Å². The molecule has 5 nitrogen and oxygen atoms in total. The van der Waals surface area contributed by atoms with Gasteiger partial charge >= 0.3 is 0 Å². The van der Waals surface area contributed by atoms with Gasteiger partial charge in [-0.2, -0.15) is 0 Å². The Labute approximate surface area is 154 Å². The normalized spacial score (nSPS) is 15.3. The molecule has 1 aliphatic carbocycles. The van der Waals surface area contributed by atoms with E-state index < -0.39 is 0 Å². The fraction of sp³-hybridized carbons (Fsp3) is 0.333. The van der Waals surface area contributed by atoms with Gasteiger partial charge in [-0.15, -0.1) is 0 Å². The van der Waals surface area contributed by atoms with Gasteiger partial charge < -0.3 is 16.4 Å². The molecule has 0 aliphatic heterocycles. The Morgan fingerprint density at radius 1 is 1.19 bits per heavy atom. The number of nitrogens with one attached hydrogen (secondary N) is 2. The van der Waals surface area contributed by atoms with E-state index in [1.54, 1.807) is 6.07 Å². The van der Waals surface area contributed by atoms with Crippen LogP contribution >= 0.6 is 0 Å². The summed E-state index contributed by atoms with van der Waals surface area (Å²) in [6.07, 6.45) is 3.65. The Hall–Kier alpha value is -2.82. The minimum atomic E-state index is -0.199. The number of aryl methyl sites for hydroxylation is 2. The maximum atomic E-state index is 11.9. The van der Waals surface area contributed by atoms with Crippen LogP contribution in [0.3, 0.4) is 0 Å². The molecule has 1 unspecified atom stereocenters. The molecular weight excluding hydrogens is 324 g/mol. The molecular formula is C21H26N4O. The highest BCUT2D eigenvalue weighted by Crippen LogP contribution is 2.37. The Kier molecular flexibility index (Phi) is 4.98. The monoisotopic (exact) mass is 350 g/mol. The molecule has 1 atom stereocenters. The van der Waals surface area contributed by atoms with E-state index in [0.29, 0.717) is 11.5 Å². The molecule has 5 heteroatoms. The quantitative estimate of drug-likeness (QED) is 0.719. The number of anilines is 3. The number of nitrogen functional groups attached to an aromatic ring is 1. The molecule has 0 spiro atoms. The van der Waals surface area contributed by atoms with Crippen molar-refractivity contribution in [1.82, 2.24) is 4.98 Å². The molecule has 136 valence electrons. The lowest BCUT2D eigenvalue weighted by Gasteiger charge is -2.18. The van der Waals surface area contributed by atoms with E-state index in [2.05, 4.69) is 41.6 Å². The van der Waals surface area contributed by atoms with Crippen LogP contribution in [-0.4, -0.2) is 10.9 Å². The first-order chi connectivity index (χ1) is 12.3. The minimum absolute atomic E-state index is 0.199. The van der Waals surface area contributed by atoms with E-state index >= 15 is 0 Å². The van der Waals surface area contributed by atoms with Crippen LogP contribution in [-0.2, 0) is 11.2 Å². The largest absolute Gasteiger partial charge is 0.382 e. The second kappa shape index (κ2) is 7.20. The van der Waals surface area contributed by atoms with Gasteiger partial charge in [0.15, 0.2) is 0 Å². The Morgan fingerprint density at radius 3 is 2.62 bits per heavy atom. The van der Waals surface area contributed by atoms with E-state index in [0.717, 1.165) is 24.2 Å². The number of nitrogens with two attached hydrogens (primary N) is 1. The van der Waals surface area contributed by atoms with Crippen LogP contribution < -0.4 is 16.4 Å². The van der Waals surface area contributed by atoms with Gasteiger partial charge in [0.1, 0.15) is 11.6 Å². The summed E-state index contributed by atoms with van der Waals surface area (Å²) in [4.78, 5) is 16.3. The Morgan fingerprint density at radius 2 is 1.92 bits per heavy atom. The van der Waals surface area contributed by atoms with E-state index in [-0.39, 0.29) is 11.9 Å². The second-order valence-electron chi connectivity index (χ2n) is 7.17. The average Bonchev–Trinajstić information content (AvgIpc) is 2.98. The number of carbonyl (C=O) groups excluding carboxylic acids is 1. The number of hydrogen-bond donors (Lipinski definition) is 3. The molecule has 1 aliphatic rings. The van der Waals surface area contributed by atoms with Gasteiger partial charge in [0.25, 0.3) is 0 Å². The van der Waals surface area contributed by atoms with Crippen molar-refractivity contribution in [3.05, 3.63) is 58.2 Å². The molecule has 0 fully saturated rings. The summed E-state index contributed by atoms with van der Waals surface area (Å²) in [6, 6.07) is 8.26. The zero-order valence-corrected chi connectivity index (χ0v) is 15.8. The number of hydrogen-bond acceptors (Lipinski definition) is 4. The SMILES string of the molecule is CC(C)=CC(=O)Nc1ccc(NC2CCc3c(C)ccc(C)c32)nc1N. The standard InChI is InChI=1S/C21H26N4O/c1-12(2)11-19(26)24-17-9-10-18(25-21(17)22)23-16-8-7-15-13(3)5-6-14(4)20(15)16/h5-6,9-11,16H,7-8H2,1-4H3,(H,24,26)(H3,22,23,25). The van der Waals surface area contributed by atoms with Gasteiger partial charge in [-0.05, 0) is 74.9 Å². The molecule has 0 saturated carbocycles. The van der Waals surface area contributed by atoms with Gasteiger partial charge in [0.05, 0.1) is 11.7 Å². The smallest absolute Gasteiger partial charge is 0.248 e. The third kappa shape index (κ3) is 3.72. The maximum Gasteiger partial charge on any atom is 0.248 e. The molecule has 1 heterocycles. The van der Waals surface area contributed by atoms with Crippen molar-refractivity contribution >= 4 is 23.2 Å². The van der Waals surface area contributed by atoms with Crippen molar-refractivity contribution in [1.29, 1.82) is 0 Å². The van der Waals surface area contributed by atoms with Crippen molar-refractivity contribution in [3.63, 3.8) is 0 Å². The van der Waals surface area contributed by atoms with E-state index in [4.69, 9.17) is 5.73 Å². The van der Waals surface area contributed by atoms with Crippen molar-refractivity contribution < 1.29 is 4.79 Å². The molecule has 4 N–H and O–H groups in total. The molecule has 0 saturated heterocycles. The zero-order chi connectivity index (χ0) is 18.8. The number of allylic oxidation sites excluding steroid dienone is 1. The minimum Gasteiger partial charge on any atom is -0.382 e. The van der Waals surface area contributed by atoms with E-state index in [1.165, 1.54) is 28.3 Å². The summed E-state index contributed by atoms with van der Waals surface area (Å²) in [5.74, 6) is 0.834. The van der Waals surface area contributed by atoms with Crippen LogP contribution in [0.2, 0.25) is 0 Å². The number of fused-ring (bicyclic) bond motifs is 1. The molecule has 2 aromatic rings. The lowest BCUT2D eigenvalue weighted by Crippen LogP contribution is -2.13. The Balaban J connectivity index is 1.77. The number of nitrogens with zero attached hydrogens (tertiary/aromatic N) is 1. The first-order valence-corrected chi connectivity index (χ1v) is 8.93. The van der Waals surface area contributed by atoms with Gasteiger partial charge in [0, 0.05) is 6.08 Å². The first kappa shape index (κ1) is 18.0. The number of amides is 1. The highest BCUT2D eigenvalue weighted by atomic mass is 16.1. The summed E-state index contributed by atoms with van der Waals surface area (Å²) >= 11 is 0. The van der Waals surface area contributed by atoms with Crippen molar-refractivity contribution in [2.45, 2.75) is 46.6 Å². The molecule has 1 aromatic heterocycles. The molecule has 0 bridgehead atoms. The number of aromatic nitrogens is 1. The van der Waals surface area contributed by atoms with Crippen molar-refractivity contribution in [2.24, 2.45) is 0 Å². The van der Waals surface area contributed by atoms with Crippen LogP contribution in [0, 0.1) is 13.8 Å². The van der Waals surface area contributed by atoms with E-state index in [1.807, 2.05) is 19.9 Å². The van der Waals surface area contributed by atoms with Crippen LogP contribution in [0.4, 0.5) is 17.3 Å². The van der Waals surface area contributed by atoms with Crippen LogP contribution in [0.15, 0.2) is 35.9 Å². The number of rotatable bonds is 4. The fourth-order valence-corrected chi connectivity index (χ4v) is 3.56. The maximum absolute atomic E-state index is 11.9. The third-order valence-corrected chi connectivity index (χ3v) is 4.77.